The summed E-state index contributed by atoms with van der Waals surface area (Å²) >= 11 is 0. The van der Waals surface area contributed by atoms with Crippen LogP contribution in [0.2, 0.25) is 0 Å². The van der Waals surface area contributed by atoms with Crippen LogP contribution in [0.15, 0.2) is 90.8 Å². The molecule has 0 amide bonds. The van der Waals surface area contributed by atoms with Crippen LogP contribution in [0, 0.1) is 34.0 Å². The van der Waals surface area contributed by atoms with Crippen LogP contribution < -0.4 is 0 Å². The van der Waals surface area contributed by atoms with Gasteiger partial charge in [0.15, 0.2) is 0 Å². The summed E-state index contributed by atoms with van der Waals surface area (Å²) < 4.78 is 4.32. The number of pyridine rings is 2. The van der Waals surface area contributed by atoms with E-state index in [4.69, 9.17) is 0 Å². The minimum atomic E-state index is -0.163. The predicted octanol–water partition coefficient (Wildman–Crippen LogP) is 6.37. The van der Waals surface area contributed by atoms with Crippen LogP contribution in [-0.2, 0) is 0 Å². The third kappa shape index (κ3) is 3.05. The number of rotatable bonds is 2. The fraction of sp³-hybridized carbons (Fsp3) is 0.0645. The van der Waals surface area contributed by atoms with E-state index in [-0.39, 0.29) is 6.04 Å². The van der Waals surface area contributed by atoms with Gasteiger partial charge < -0.3 is 9.13 Å². The van der Waals surface area contributed by atoms with Gasteiger partial charge in [0.05, 0.1) is 41.1 Å². The van der Waals surface area contributed by atoms with Crippen LogP contribution in [0.1, 0.15) is 23.9 Å². The minimum absolute atomic E-state index is 0.163. The molecule has 1 atom stereocenters. The first kappa shape index (κ1) is 21.6. The summed E-state index contributed by atoms with van der Waals surface area (Å²) in [6.07, 6.45) is 8.11. The van der Waals surface area contributed by atoms with E-state index in [0.717, 1.165) is 49.3 Å². The second-order valence-corrected chi connectivity index (χ2v) is 9.28. The van der Waals surface area contributed by atoms with Crippen LogP contribution in [0.4, 0.5) is 0 Å². The standard InChI is InChI=1S/C31H17N7/c32-14-19-9-22(37-28-7-3-1-5-24(28)26-11-20(15-33)35-17-30(26)37)13-23(10-19)38-29-8-4-2-6-25(29)27-12-21(16-34)36-18-31(27)38/h1-9,11-13,17-18,23H,10H2. The number of aromatic nitrogens is 4. The van der Waals surface area contributed by atoms with E-state index in [2.05, 4.69) is 55.5 Å². The molecule has 0 saturated heterocycles. The Hall–Kier alpha value is -5.71. The lowest BCUT2D eigenvalue weighted by Crippen LogP contribution is -2.13. The van der Waals surface area contributed by atoms with Crippen molar-refractivity contribution in [1.82, 2.24) is 19.1 Å². The quantitative estimate of drug-likeness (QED) is 0.282. The average molecular weight is 488 g/mol. The SMILES string of the molecule is N#CC1=CC(n2c3ccccc3c3cc(C#N)ncc32)=CC(n2c3ccccc3c3cc(C#N)ncc32)C1. The van der Waals surface area contributed by atoms with Crippen LogP contribution >= 0.6 is 0 Å². The summed E-state index contributed by atoms with van der Waals surface area (Å²) in [5, 5.41) is 32.9. The highest BCUT2D eigenvalue weighted by Crippen LogP contribution is 2.40. The molecule has 7 nitrogen and oxygen atoms in total. The van der Waals surface area contributed by atoms with Crippen LogP contribution in [0.25, 0.3) is 49.3 Å². The zero-order chi connectivity index (χ0) is 25.8. The Labute approximate surface area is 217 Å². The number of hydrogen-bond acceptors (Lipinski definition) is 5. The lowest BCUT2D eigenvalue weighted by Gasteiger charge is -2.24. The Kier molecular flexibility index (Phi) is 4.63. The summed E-state index contributed by atoms with van der Waals surface area (Å²) in [6.45, 7) is 0. The molecule has 7 rings (SSSR count). The molecular formula is C31H17N7. The molecule has 6 aromatic rings. The van der Waals surface area contributed by atoms with Crippen molar-refractivity contribution in [2.75, 3.05) is 0 Å². The second-order valence-electron chi connectivity index (χ2n) is 9.28. The first-order valence-corrected chi connectivity index (χ1v) is 12.1. The zero-order valence-corrected chi connectivity index (χ0v) is 20.0. The maximum atomic E-state index is 10.1. The Bertz CT molecular complexity index is 2150. The molecule has 1 aliphatic rings. The predicted molar refractivity (Wildman–Crippen MR) is 146 cm³/mol. The third-order valence-electron chi connectivity index (χ3n) is 7.23. The first-order chi connectivity index (χ1) is 18.7. The number of para-hydroxylation sites is 2. The lowest BCUT2D eigenvalue weighted by atomic mass is 9.98. The molecule has 2 aromatic carbocycles. The number of benzene rings is 2. The average Bonchev–Trinajstić information content (AvgIpc) is 3.49. The van der Waals surface area contributed by atoms with E-state index >= 15 is 0 Å². The van der Waals surface area contributed by atoms with Crippen molar-refractivity contribution in [2.45, 2.75) is 12.5 Å². The van der Waals surface area contributed by atoms with Crippen molar-refractivity contribution in [2.24, 2.45) is 0 Å². The highest BCUT2D eigenvalue weighted by atomic mass is 15.0. The smallest absolute Gasteiger partial charge is 0.141 e. The fourth-order valence-corrected chi connectivity index (χ4v) is 5.67. The van der Waals surface area contributed by atoms with Gasteiger partial charge in [-0.15, -0.1) is 0 Å². The lowest BCUT2D eigenvalue weighted by molar-refractivity contribution is 0.636. The van der Waals surface area contributed by atoms with Gasteiger partial charge in [0.25, 0.3) is 0 Å². The van der Waals surface area contributed by atoms with Crippen molar-refractivity contribution in [3.05, 3.63) is 102 Å². The molecule has 0 fully saturated rings. The van der Waals surface area contributed by atoms with Crippen molar-refractivity contribution in [3.63, 3.8) is 0 Å². The summed E-state index contributed by atoms with van der Waals surface area (Å²) in [6, 6.07) is 26.3. The number of nitriles is 3. The fourth-order valence-electron chi connectivity index (χ4n) is 5.67. The van der Waals surface area contributed by atoms with E-state index in [9.17, 15) is 15.8 Å². The number of hydrogen-bond donors (Lipinski definition) is 0. The zero-order valence-electron chi connectivity index (χ0n) is 20.0. The Morgan fingerprint density at radius 1 is 0.684 bits per heavy atom. The van der Waals surface area contributed by atoms with Gasteiger partial charge in [-0.2, -0.15) is 15.8 Å². The van der Waals surface area contributed by atoms with Gasteiger partial charge in [-0.3, -0.25) is 0 Å². The van der Waals surface area contributed by atoms with Gasteiger partial charge in [-0.1, -0.05) is 36.4 Å². The molecule has 0 bridgehead atoms. The summed E-state index contributed by atoms with van der Waals surface area (Å²) in [4.78, 5) is 8.71. The maximum absolute atomic E-state index is 10.1. The third-order valence-corrected chi connectivity index (χ3v) is 7.23. The first-order valence-electron chi connectivity index (χ1n) is 12.1. The van der Waals surface area contributed by atoms with Crippen molar-refractivity contribution < 1.29 is 0 Å². The van der Waals surface area contributed by atoms with Gasteiger partial charge in [-0.05, 0) is 36.4 Å². The maximum Gasteiger partial charge on any atom is 0.141 e. The van der Waals surface area contributed by atoms with Crippen LogP contribution in [0.3, 0.4) is 0 Å². The summed E-state index contributed by atoms with van der Waals surface area (Å²) in [5.74, 6) is 0. The molecule has 0 aliphatic heterocycles. The Morgan fingerprint density at radius 3 is 1.97 bits per heavy atom. The summed E-state index contributed by atoms with van der Waals surface area (Å²) in [5.41, 5.74) is 6.02. The molecule has 1 unspecified atom stereocenters. The highest BCUT2D eigenvalue weighted by Gasteiger charge is 2.24. The van der Waals surface area contributed by atoms with E-state index in [1.807, 2.05) is 54.6 Å². The van der Waals surface area contributed by atoms with Crippen LogP contribution in [0.5, 0.6) is 0 Å². The van der Waals surface area contributed by atoms with E-state index in [1.165, 1.54) is 0 Å². The van der Waals surface area contributed by atoms with Gasteiger partial charge in [0, 0.05) is 44.8 Å². The number of nitrogens with zero attached hydrogens (tertiary/aromatic N) is 7. The van der Waals surface area contributed by atoms with E-state index in [1.54, 1.807) is 12.4 Å². The molecule has 38 heavy (non-hydrogen) atoms. The molecule has 7 heteroatoms. The number of allylic oxidation sites excluding steroid dienone is 4. The van der Waals surface area contributed by atoms with Crippen LogP contribution in [-0.4, -0.2) is 19.1 Å². The minimum Gasteiger partial charge on any atom is -0.332 e. The largest absolute Gasteiger partial charge is 0.332 e. The van der Waals surface area contributed by atoms with E-state index < -0.39 is 0 Å². The molecule has 0 saturated carbocycles. The molecule has 0 radical (unpaired) electrons. The van der Waals surface area contributed by atoms with Gasteiger partial charge in [0.2, 0.25) is 0 Å². The van der Waals surface area contributed by atoms with Gasteiger partial charge in [0.1, 0.15) is 23.5 Å². The van der Waals surface area contributed by atoms with Crippen molar-refractivity contribution in [3.8, 4) is 18.2 Å². The normalized spacial score (nSPS) is 15.2. The highest BCUT2D eigenvalue weighted by molar-refractivity contribution is 6.11. The van der Waals surface area contributed by atoms with Crippen molar-refractivity contribution >= 4 is 49.3 Å². The van der Waals surface area contributed by atoms with E-state index in [0.29, 0.717) is 23.4 Å². The number of fused-ring (bicyclic) bond motifs is 6. The molecule has 4 aromatic heterocycles. The van der Waals surface area contributed by atoms with Gasteiger partial charge >= 0.3 is 0 Å². The Balaban J connectivity index is 1.52. The summed E-state index contributed by atoms with van der Waals surface area (Å²) in [7, 11) is 0. The van der Waals surface area contributed by atoms with Crippen molar-refractivity contribution in [1.29, 1.82) is 15.8 Å². The van der Waals surface area contributed by atoms with Gasteiger partial charge in [-0.25, -0.2) is 9.97 Å². The molecular weight excluding hydrogens is 470 g/mol. The topological polar surface area (TPSA) is 107 Å². The second kappa shape index (κ2) is 8.17. The molecule has 176 valence electrons. The molecule has 0 N–H and O–H groups in total. The molecule has 0 spiro atoms. The molecule has 1 aliphatic carbocycles. The monoisotopic (exact) mass is 487 g/mol. The molecule has 4 heterocycles. The Morgan fingerprint density at radius 2 is 1.29 bits per heavy atom.